The van der Waals surface area contributed by atoms with Crippen molar-refractivity contribution in [2.45, 2.75) is 6.54 Å². The molecule has 98 valence electrons. The zero-order chi connectivity index (χ0) is 13.8. The molecule has 0 aromatic heterocycles. The van der Waals surface area contributed by atoms with Crippen molar-refractivity contribution in [2.24, 2.45) is 0 Å². The Morgan fingerprint density at radius 1 is 1.16 bits per heavy atom. The Labute approximate surface area is 120 Å². The summed E-state index contributed by atoms with van der Waals surface area (Å²) in [5, 5.41) is 13.0. The van der Waals surface area contributed by atoms with E-state index in [2.05, 4.69) is 5.32 Å². The first kappa shape index (κ1) is 13.7. The molecule has 2 aromatic carbocycles. The molecule has 0 fully saturated rings. The minimum absolute atomic E-state index is 0.00249. The topological polar surface area (TPSA) is 49.3 Å². The van der Waals surface area contributed by atoms with Crippen LogP contribution < -0.4 is 5.32 Å². The molecule has 0 heterocycles. The van der Waals surface area contributed by atoms with Crippen LogP contribution in [-0.2, 0) is 6.54 Å². The van der Waals surface area contributed by atoms with Gasteiger partial charge in [0.2, 0.25) is 0 Å². The Hall–Kier alpha value is -1.71. The standard InChI is InChI=1S/C14H11Cl2NO2/c15-10-3-1-2-9(6-10)8-17-14(19)12-7-11(18)4-5-13(12)16/h1-7,18H,8H2,(H,17,19). The fraction of sp³-hybridized carbons (Fsp3) is 0.0714. The summed E-state index contributed by atoms with van der Waals surface area (Å²) in [6.45, 7) is 0.339. The number of hydrogen-bond donors (Lipinski definition) is 2. The highest BCUT2D eigenvalue weighted by Gasteiger charge is 2.10. The van der Waals surface area contributed by atoms with E-state index in [1.165, 1.54) is 18.2 Å². The van der Waals surface area contributed by atoms with Crippen LogP contribution in [0.2, 0.25) is 10.0 Å². The molecule has 0 atom stereocenters. The maximum absolute atomic E-state index is 11.9. The molecule has 2 N–H and O–H groups in total. The molecule has 0 saturated heterocycles. The van der Waals surface area contributed by atoms with Crippen molar-refractivity contribution in [2.75, 3.05) is 0 Å². The van der Waals surface area contributed by atoms with Crippen molar-refractivity contribution < 1.29 is 9.90 Å². The van der Waals surface area contributed by atoms with Gasteiger partial charge < -0.3 is 10.4 Å². The number of carbonyl (C=O) groups excluding carboxylic acids is 1. The van der Waals surface area contributed by atoms with Gasteiger partial charge in [-0.05, 0) is 35.9 Å². The minimum atomic E-state index is -0.346. The molecule has 2 rings (SSSR count). The zero-order valence-electron chi connectivity index (χ0n) is 9.86. The van der Waals surface area contributed by atoms with Crippen LogP contribution in [0.15, 0.2) is 42.5 Å². The second-order valence-corrected chi connectivity index (χ2v) is 4.82. The van der Waals surface area contributed by atoms with E-state index in [1.807, 2.05) is 12.1 Å². The molecule has 5 heteroatoms. The monoisotopic (exact) mass is 295 g/mol. The molecule has 19 heavy (non-hydrogen) atoms. The Balaban J connectivity index is 2.07. The van der Waals surface area contributed by atoms with Crippen LogP contribution in [0, 0.1) is 0 Å². The molecule has 3 nitrogen and oxygen atoms in total. The molecule has 1 amide bonds. The molecule has 0 radical (unpaired) electrons. The molecule has 0 saturated carbocycles. The van der Waals surface area contributed by atoms with Gasteiger partial charge in [-0.15, -0.1) is 0 Å². The van der Waals surface area contributed by atoms with Crippen molar-refractivity contribution in [1.29, 1.82) is 0 Å². The second-order valence-electron chi connectivity index (χ2n) is 3.98. The fourth-order valence-electron chi connectivity index (χ4n) is 1.61. The van der Waals surface area contributed by atoms with E-state index in [9.17, 15) is 9.90 Å². The average molecular weight is 296 g/mol. The van der Waals surface area contributed by atoms with Crippen molar-refractivity contribution >= 4 is 29.1 Å². The first-order valence-corrected chi connectivity index (χ1v) is 6.33. The Kier molecular flexibility index (Phi) is 4.30. The highest BCUT2D eigenvalue weighted by Crippen LogP contribution is 2.21. The van der Waals surface area contributed by atoms with E-state index in [0.29, 0.717) is 16.6 Å². The lowest BCUT2D eigenvalue weighted by molar-refractivity contribution is 0.0950. The number of phenols is 1. The lowest BCUT2D eigenvalue weighted by Crippen LogP contribution is -2.23. The summed E-state index contributed by atoms with van der Waals surface area (Å²) in [4.78, 5) is 11.9. The normalized spacial score (nSPS) is 10.2. The van der Waals surface area contributed by atoms with Crippen LogP contribution in [0.25, 0.3) is 0 Å². The molecular weight excluding hydrogens is 285 g/mol. The summed E-state index contributed by atoms with van der Waals surface area (Å²) in [5.74, 6) is -0.349. The fourth-order valence-corrected chi connectivity index (χ4v) is 2.03. The third-order valence-electron chi connectivity index (χ3n) is 2.54. The lowest BCUT2D eigenvalue weighted by atomic mass is 10.2. The maximum atomic E-state index is 11.9. The number of benzene rings is 2. The zero-order valence-corrected chi connectivity index (χ0v) is 11.4. The van der Waals surface area contributed by atoms with E-state index < -0.39 is 0 Å². The maximum Gasteiger partial charge on any atom is 0.253 e. The highest BCUT2D eigenvalue weighted by atomic mass is 35.5. The van der Waals surface area contributed by atoms with Gasteiger partial charge in [0.15, 0.2) is 0 Å². The van der Waals surface area contributed by atoms with Gasteiger partial charge in [-0.1, -0.05) is 35.3 Å². The summed E-state index contributed by atoms with van der Waals surface area (Å²) in [7, 11) is 0. The van der Waals surface area contributed by atoms with Crippen LogP contribution >= 0.6 is 23.2 Å². The molecular formula is C14H11Cl2NO2. The third-order valence-corrected chi connectivity index (χ3v) is 3.10. The number of halogens is 2. The molecule has 0 aliphatic rings. The predicted octanol–water partition coefficient (Wildman–Crippen LogP) is 3.63. The van der Waals surface area contributed by atoms with Gasteiger partial charge >= 0.3 is 0 Å². The van der Waals surface area contributed by atoms with Gasteiger partial charge in [-0.3, -0.25) is 4.79 Å². The predicted molar refractivity (Wildman–Crippen MR) is 75.7 cm³/mol. The average Bonchev–Trinajstić information content (AvgIpc) is 2.39. The van der Waals surface area contributed by atoms with Gasteiger partial charge in [-0.25, -0.2) is 0 Å². The number of aromatic hydroxyl groups is 1. The van der Waals surface area contributed by atoms with Gasteiger partial charge in [0.1, 0.15) is 5.75 Å². The van der Waals surface area contributed by atoms with Crippen LogP contribution in [0.1, 0.15) is 15.9 Å². The summed E-state index contributed by atoms with van der Waals surface area (Å²) >= 11 is 11.8. The quantitative estimate of drug-likeness (QED) is 0.908. The van der Waals surface area contributed by atoms with E-state index in [1.54, 1.807) is 12.1 Å². The molecule has 0 aliphatic heterocycles. The van der Waals surface area contributed by atoms with E-state index in [4.69, 9.17) is 23.2 Å². The molecule has 0 unspecified atom stereocenters. The summed E-state index contributed by atoms with van der Waals surface area (Å²) < 4.78 is 0. The van der Waals surface area contributed by atoms with Crippen LogP contribution in [0.5, 0.6) is 5.75 Å². The first-order chi connectivity index (χ1) is 9.06. The summed E-state index contributed by atoms with van der Waals surface area (Å²) in [6.07, 6.45) is 0. The highest BCUT2D eigenvalue weighted by molar-refractivity contribution is 6.33. The van der Waals surface area contributed by atoms with E-state index in [-0.39, 0.29) is 17.2 Å². The van der Waals surface area contributed by atoms with Crippen LogP contribution in [0.4, 0.5) is 0 Å². The van der Waals surface area contributed by atoms with Crippen molar-refractivity contribution in [3.63, 3.8) is 0 Å². The summed E-state index contributed by atoms with van der Waals surface area (Å²) in [6, 6.07) is 11.4. The third kappa shape index (κ3) is 3.63. The Morgan fingerprint density at radius 2 is 1.95 bits per heavy atom. The van der Waals surface area contributed by atoms with Gasteiger partial charge in [0, 0.05) is 11.6 Å². The van der Waals surface area contributed by atoms with Crippen LogP contribution in [-0.4, -0.2) is 11.0 Å². The van der Waals surface area contributed by atoms with Gasteiger partial charge in [-0.2, -0.15) is 0 Å². The smallest absolute Gasteiger partial charge is 0.253 e. The second kappa shape index (κ2) is 5.95. The Bertz CT molecular complexity index is 614. The van der Waals surface area contributed by atoms with Crippen LogP contribution in [0.3, 0.4) is 0 Å². The molecule has 2 aromatic rings. The van der Waals surface area contributed by atoms with Gasteiger partial charge in [0.05, 0.1) is 10.6 Å². The van der Waals surface area contributed by atoms with Crippen molar-refractivity contribution in [1.82, 2.24) is 5.32 Å². The number of carbonyl (C=O) groups is 1. The largest absolute Gasteiger partial charge is 0.508 e. The number of hydrogen-bond acceptors (Lipinski definition) is 2. The number of phenolic OH excluding ortho intramolecular Hbond substituents is 1. The number of amides is 1. The van der Waals surface area contributed by atoms with Crippen molar-refractivity contribution in [3.8, 4) is 5.75 Å². The number of rotatable bonds is 3. The first-order valence-electron chi connectivity index (χ1n) is 5.57. The molecule has 0 aliphatic carbocycles. The summed E-state index contributed by atoms with van der Waals surface area (Å²) in [5.41, 5.74) is 1.13. The Morgan fingerprint density at radius 3 is 2.68 bits per heavy atom. The minimum Gasteiger partial charge on any atom is -0.508 e. The van der Waals surface area contributed by atoms with Gasteiger partial charge in [0.25, 0.3) is 5.91 Å². The van der Waals surface area contributed by atoms with E-state index >= 15 is 0 Å². The van der Waals surface area contributed by atoms with E-state index in [0.717, 1.165) is 5.56 Å². The lowest BCUT2D eigenvalue weighted by Gasteiger charge is -2.07. The molecule has 0 bridgehead atoms. The van der Waals surface area contributed by atoms with Crippen molar-refractivity contribution in [3.05, 3.63) is 63.6 Å². The SMILES string of the molecule is O=C(NCc1cccc(Cl)c1)c1cc(O)ccc1Cl. The number of nitrogens with one attached hydrogen (secondary N) is 1. The molecule has 0 spiro atoms.